The standard InChI is InChI=1S/C14H21N3O4.ClH/c1-9(2)21-12-5-4-10(20-3)6-11(12)17-14(19)8-16-13(18)7-15;/h4-6,9H,7-8,15H2,1-3H3,(H,16,18)(H,17,19);1H. The van der Waals surface area contributed by atoms with Crippen molar-refractivity contribution < 1.29 is 19.1 Å². The topological polar surface area (TPSA) is 103 Å². The maximum Gasteiger partial charge on any atom is 0.243 e. The molecule has 1 rings (SSSR count). The molecular formula is C14H22ClN3O4. The molecule has 0 bridgehead atoms. The number of hydrogen-bond donors (Lipinski definition) is 3. The van der Waals surface area contributed by atoms with E-state index in [9.17, 15) is 9.59 Å². The Morgan fingerprint density at radius 2 is 1.95 bits per heavy atom. The van der Waals surface area contributed by atoms with Crippen LogP contribution in [0.3, 0.4) is 0 Å². The SMILES string of the molecule is COc1ccc(OC(C)C)c(NC(=O)CNC(=O)CN)c1.Cl. The zero-order valence-electron chi connectivity index (χ0n) is 12.8. The van der Waals surface area contributed by atoms with E-state index >= 15 is 0 Å². The molecule has 0 fully saturated rings. The van der Waals surface area contributed by atoms with Crippen LogP contribution in [-0.2, 0) is 9.59 Å². The van der Waals surface area contributed by atoms with Crippen molar-refractivity contribution in [3.8, 4) is 11.5 Å². The number of hydrogen-bond acceptors (Lipinski definition) is 5. The van der Waals surface area contributed by atoms with Crippen molar-refractivity contribution in [2.75, 3.05) is 25.5 Å². The molecule has 1 aromatic carbocycles. The minimum atomic E-state index is -0.394. The summed E-state index contributed by atoms with van der Waals surface area (Å²) in [5, 5.41) is 5.06. The molecule has 124 valence electrons. The van der Waals surface area contributed by atoms with Crippen LogP contribution in [0.2, 0.25) is 0 Å². The Kier molecular flexibility index (Phi) is 8.97. The summed E-state index contributed by atoms with van der Waals surface area (Å²) in [5.74, 6) is 0.352. The Morgan fingerprint density at radius 1 is 1.27 bits per heavy atom. The number of carbonyl (C=O) groups excluding carboxylic acids is 2. The normalized spacial score (nSPS) is 9.68. The number of carbonyl (C=O) groups is 2. The van der Waals surface area contributed by atoms with Gasteiger partial charge in [0, 0.05) is 6.07 Å². The maximum atomic E-state index is 11.8. The van der Waals surface area contributed by atoms with E-state index in [0.29, 0.717) is 17.2 Å². The zero-order chi connectivity index (χ0) is 15.8. The zero-order valence-corrected chi connectivity index (χ0v) is 13.7. The van der Waals surface area contributed by atoms with Crippen LogP contribution in [-0.4, -0.2) is 38.1 Å². The molecule has 2 amide bonds. The molecule has 7 nitrogen and oxygen atoms in total. The molecule has 0 saturated heterocycles. The van der Waals surface area contributed by atoms with E-state index < -0.39 is 5.91 Å². The Hall–Kier alpha value is -1.99. The lowest BCUT2D eigenvalue weighted by molar-refractivity contribution is -0.123. The Labute approximate surface area is 135 Å². The summed E-state index contributed by atoms with van der Waals surface area (Å²) < 4.78 is 10.7. The van der Waals surface area contributed by atoms with Gasteiger partial charge in [-0.1, -0.05) is 0 Å². The van der Waals surface area contributed by atoms with Crippen molar-refractivity contribution in [3.05, 3.63) is 18.2 Å². The fourth-order valence-electron chi connectivity index (χ4n) is 1.54. The molecule has 0 aliphatic rings. The number of nitrogens with one attached hydrogen (secondary N) is 2. The lowest BCUT2D eigenvalue weighted by Gasteiger charge is -2.16. The molecule has 0 saturated carbocycles. The fraction of sp³-hybridized carbons (Fsp3) is 0.429. The summed E-state index contributed by atoms with van der Waals surface area (Å²) in [7, 11) is 1.53. The van der Waals surface area contributed by atoms with Crippen LogP contribution in [0.5, 0.6) is 11.5 Å². The number of nitrogens with two attached hydrogens (primary N) is 1. The molecule has 4 N–H and O–H groups in total. The second-order valence-electron chi connectivity index (χ2n) is 4.56. The molecule has 0 spiro atoms. The summed E-state index contributed by atoms with van der Waals surface area (Å²) >= 11 is 0. The summed E-state index contributed by atoms with van der Waals surface area (Å²) in [6, 6.07) is 5.11. The first-order chi connectivity index (χ1) is 9.96. The highest BCUT2D eigenvalue weighted by Crippen LogP contribution is 2.29. The second kappa shape index (κ2) is 9.86. The first-order valence-electron chi connectivity index (χ1n) is 6.57. The summed E-state index contributed by atoms with van der Waals surface area (Å²) in [5.41, 5.74) is 5.63. The van der Waals surface area contributed by atoms with Crippen molar-refractivity contribution in [3.63, 3.8) is 0 Å². The van der Waals surface area contributed by atoms with E-state index in [0.717, 1.165) is 0 Å². The van der Waals surface area contributed by atoms with Crippen LogP contribution in [0.1, 0.15) is 13.8 Å². The third-order valence-corrected chi connectivity index (χ3v) is 2.45. The second-order valence-corrected chi connectivity index (χ2v) is 4.56. The van der Waals surface area contributed by atoms with Gasteiger partial charge in [0.25, 0.3) is 0 Å². The highest BCUT2D eigenvalue weighted by atomic mass is 35.5. The highest BCUT2D eigenvalue weighted by Gasteiger charge is 2.11. The van der Waals surface area contributed by atoms with Gasteiger partial charge in [-0.3, -0.25) is 9.59 Å². The van der Waals surface area contributed by atoms with Gasteiger partial charge in [-0.05, 0) is 26.0 Å². The molecule has 0 aromatic heterocycles. The Balaban J connectivity index is 0.00000441. The van der Waals surface area contributed by atoms with Gasteiger partial charge < -0.3 is 25.8 Å². The van der Waals surface area contributed by atoms with Gasteiger partial charge in [0.05, 0.1) is 32.0 Å². The molecule has 22 heavy (non-hydrogen) atoms. The van der Waals surface area contributed by atoms with Crippen LogP contribution < -0.4 is 25.8 Å². The minimum absolute atomic E-state index is 0. The molecule has 1 aromatic rings. The largest absolute Gasteiger partial charge is 0.497 e. The summed E-state index contributed by atoms with van der Waals surface area (Å²) in [4.78, 5) is 22.8. The fourth-order valence-corrected chi connectivity index (χ4v) is 1.54. The lowest BCUT2D eigenvalue weighted by atomic mass is 10.2. The lowest BCUT2D eigenvalue weighted by Crippen LogP contribution is -2.36. The third kappa shape index (κ3) is 6.64. The first-order valence-corrected chi connectivity index (χ1v) is 6.57. The number of rotatable bonds is 7. The first kappa shape index (κ1) is 20.0. The quantitative estimate of drug-likeness (QED) is 0.689. The van der Waals surface area contributed by atoms with Crippen LogP contribution in [0.4, 0.5) is 5.69 Å². The number of benzene rings is 1. The van der Waals surface area contributed by atoms with Crippen LogP contribution >= 0.6 is 12.4 Å². The average molecular weight is 332 g/mol. The third-order valence-electron chi connectivity index (χ3n) is 2.45. The van der Waals surface area contributed by atoms with Crippen LogP contribution in [0.15, 0.2) is 18.2 Å². The van der Waals surface area contributed by atoms with Crippen molar-refractivity contribution in [2.45, 2.75) is 20.0 Å². The summed E-state index contributed by atoms with van der Waals surface area (Å²) in [6.07, 6.45) is -0.0361. The van der Waals surface area contributed by atoms with E-state index in [1.54, 1.807) is 18.2 Å². The molecule has 0 aliphatic carbocycles. The van der Waals surface area contributed by atoms with Gasteiger partial charge in [-0.25, -0.2) is 0 Å². The van der Waals surface area contributed by atoms with Gasteiger partial charge in [0.15, 0.2) is 0 Å². The number of ether oxygens (including phenoxy) is 2. The predicted molar refractivity (Wildman–Crippen MR) is 86.7 cm³/mol. The van der Waals surface area contributed by atoms with E-state index in [1.165, 1.54) is 7.11 Å². The molecular weight excluding hydrogens is 310 g/mol. The molecule has 0 radical (unpaired) electrons. The van der Waals surface area contributed by atoms with Gasteiger partial charge in [-0.2, -0.15) is 0 Å². The van der Waals surface area contributed by atoms with Crippen molar-refractivity contribution >= 4 is 29.9 Å². The van der Waals surface area contributed by atoms with E-state index in [4.69, 9.17) is 15.2 Å². The smallest absolute Gasteiger partial charge is 0.243 e. The van der Waals surface area contributed by atoms with Crippen molar-refractivity contribution in [2.24, 2.45) is 5.73 Å². The van der Waals surface area contributed by atoms with Crippen LogP contribution in [0, 0.1) is 0 Å². The van der Waals surface area contributed by atoms with E-state index in [1.807, 2.05) is 13.8 Å². The van der Waals surface area contributed by atoms with Crippen LogP contribution in [0.25, 0.3) is 0 Å². The average Bonchev–Trinajstić information content (AvgIpc) is 2.46. The van der Waals surface area contributed by atoms with E-state index in [-0.39, 0.29) is 37.5 Å². The predicted octanol–water partition coefficient (Wildman–Crippen LogP) is 0.918. The molecule has 0 heterocycles. The number of halogens is 1. The minimum Gasteiger partial charge on any atom is -0.497 e. The molecule has 8 heteroatoms. The Morgan fingerprint density at radius 3 is 2.50 bits per heavy atom. The summed E-state index contributed by atoms with van der Waals surface area (Å²) in [6.45, 7) is 3.46. The number of anilines is 1. The molecule has 0 atom stereocenters. The molecule has 0 aliphatic heterocycles. The van der Waals surface area contributed by atoms with E-state index in [2.05, 4.69) is 10.6 Å². The number of methoxy groups -OCH3 is 1. The van der Waals surface area contributed by atoms with Gasteiger partial charge in [0.1, 0.15) is 11.5 Å². The van der Waals surface area contributed by atoms with Gasteiger partial charge in [0.2, 0.25) is 11.8 Å². The number of amides is 2. The van der Waals surface area contributed by atoms with Crippen molar-refractivity contribution in [1.82, 2.24) is 5.32 Å². The Bertz CT molecular complexity index is 509. The maximum absolute atomic E-state index is 11.8. The van der Waals surface area contributed by atoms with Gasteiger partial charge in [-0.15, -0.1) is 12.4 Å². The van der Waals surface area contributed by atoms with Gasteiger partial charge >= 0.3 is 0 Å². The highest BCUT2D eigenvalue weighted by molar-refractivity contribution is 5.96. The monoisotopic (exact) mass is 331 g/mol. The van der Waals surface area contributed by atoms with Crippen molar-refractivity contribution in [1.29, 1.82) is 0 Å². The molecule has 0 unspecified atom stereocenters.